The maximum Gasteiger partial charge on any atom is 0.306 e. The van der Waals surface area contributed by atoms with Gasteiger partial charge in [0.2, 0.25) is 0 Å². The molecule has 18 heavy (non-hydrogen) atoms. The molecule has 1 aliphatic rings. The van der Waals surface area contributed by atoms with E-state index >= 15 is 0 Å². The molecule has 0 amide bonds. The van der Waals surface area contributed by atoms with Crippen molar-refractivity contribution in [2.45, 2.75) is 25.2 Å². The molecule has 0 radical (unpaired) electrons. The first kappa shape index (κ1) is 11.9. The Morgan fingerprint density at radius 2 is 2.28 bits per heavy atom. The monoisotopic (exact) mass is 281 g/mol. The van der Waals surface area contributed by atoms with Gasteiger partial charge in [-0.15, -0.1) is 11.3 Å². The summed E-state index contributed by atoms with van der Waals surface area (Å²) < 4.78 is 1.01. The van der Waals surface area contributed by atoms with Gasteiger partial charge in [0.25, 0.3) is 0 Å². The molecular formula is C13H12ClNO2S. The Labute approximate surface area is 113 Å². The van der Waals surface area contributed by atoms with Crippen LogP contribution in [-0.4, -0.2) is 16.1 Å². The smallest absolute Gasteiger partial charge is 0.306 e. The summed E-state index contributed by atoms with van der Waals surface area (Å²) in [6, 6.07) is 5.70. The lowest BCUT2D eigenvalue weighted by Gasteiger charge is -2.04. The number of carboxylic acids is 1. The fraction of sp³-hybridized carbons (Fsp3) is 0.385. The van der Waals surface area contributed by atoms with Crippen molar-refractivity contribution in [1.82, 2.24) is 4.98 Å². The van der Waals surface area contributed by atoms with Crippen molar-refractivity contribution in [3.05, 3.63) is 28.2 Å². The van der Waals surface area contributed by atoms with Crippen LogP contribution in [0.4, 0.5) is 0 Å². The topological polar surface area (TPSA) is 50.2 Å². The maximum atomic E-state index is 11.0. The third-order valence-corrected chi connectivity index (χ3v) is 5.21. The van der Waals surface area contributed by atoms with Crippen molar-refractivity contribution in [3.8, 4) is 0 Å². The van der Waals surface area contributed by atoms with Gasteiger partial charge in [0.1, 0.15) is 0 Å². The van der Waals surface area contributed by atoms with Crippen molar-refractivity contribution >= 4 is 39.1 Å². The van der Waals surface area contributed by atoms with Gasteiger partial charge in [0.15, 0.2) is 0 Å². The minimum atomic E-state index is -0.684. The molecule has 1 N–H and O–H groups in total. The van der Waals surface area contributed by atoms with Crippen molar-refractivity contribution in [3.63, 3.8) is 0 Å². The molecule has 2 unspecified atom stereocenters. The second-order valence-corrected chi connectivity index (χ2v) is 6.12. The number of halogens is 1. The molecule has 3 rings (SSSR count). The predicted octanol–water partition coefficient (Wildman–Crippen LogP) is 3.92. The number of nitrogens with zero attached hydrogens (tertiary/aromatic N) is 1. The van der Waals surface area contributed by atoms with Crippen LogP contribution in [0.25, 0.3) is 10.2 Å². The van der Waals surface area contributed by atoms with Crippen molar-refractivity contribution in [1.29, 1.82) is 0 Å². The van der Waals surface area contributed by atoms with Gasteiger partial charge in [-0.2, -0.15) is 0 Å². The fourth-order valence-electron chi connectivity index (χ4n) is 2.54. The summed E-state index contributed by atoms with van der Waals surface area (Å²) >= 11 is 7.73. The van der Waals surface area contributed by atoms with E-state index in [1.54, 1.807) is 11.3 Å². The van der Waals surface area contributed by atoms with E-state index in [2.05, 4.69) is 4.98 Å². The Morgan fingerprint density at radius 1 is 1.44 bits per heavy atom. The van der Waals surface area contributed by atoms with Crippen LogP contribution in [0.2, 0.25) is 5.02 Å². The highest BCUT2D eigenvalue weighted by molar-refractivity contribution is 7.19. The lowest BCUT2D eigenvalue weighted by molar-refractivity contribution is -0.141. The van der Waals surface area contributed by atoms with E-state index in [1.165, 1.54) is 0 Å². The number of aliphatic carboxylic acids is 1. The molecule has 1 aromatic carbocycles. The van der Waals surface area contributed by atoms with Crippen LogP contribution >= 0.6 is 22.9 Å². The second-order valence-electron chi connectivity index (χ2n) is 4.69. The van der Waals surface area contributed by atoms with Crippen LogP contribution in [0.3, 0.4) is 0 Å². The molecule has 1 saturated carbocycles. The first-order chi connectivity index (χ1) is 8.65. The fourth-order valence-corrected chi connectivity index (χ4v) is 3.94. The number of hydrogen-bond donors (Lipinski definition) is 1. The average Bonchev–Trinajstić information content (AvgIpc) is 2.95. The van der Waals surface area contributed by atoms with Crippen LogP contribution in [0.15, 0.2) is 18.2 Å². The van der Waals surface area contributed by atoms with Crippen molar-refractivity contribution in [2.24, 2.45) is 5.92 Å². The largest absolute Gasteiger partial charge is 0.481 e. The number of carbonyl (C=O) groups is 1. The van der Waals surface area contributed by atoms with Crippen molar-refractivity contribution < 1.29 is 9.90 Å². The zero-order valence-electron chi connectivity index (χ0n) is 9.60. The summed E-state index contributed by atoms with van der Waals surface area (Å²) in [5.41, 5.74) is 0.918. The Bertz CT molecular complexity index is 610. The zero-order chi connectivity index (χ0) is 12.7. The minimum absolute atomic E-state index is 0.211. The lowest BCUT2D eigenvalue weighted by atomic mass is 10.1. The third-order valence-electron chi connectivity index (χ3n) is 3.51. The summed E-state index contributed by atoms with van der Waals surface area (Å²) in [5, 5.41) is 10.8. The molecule has 0 saturated heterocycles. The highest BCUT2D eigenvalue weighted by Crippen LogP contribution is 2.42. The molecule has 2 aromatic rings. The molecule has 0 spiro atoms. The molecule has 3 nitrogen and oxygen atoms in total. The summed E-state index contributed by atoms with van der Waals surface area (Å²) in [6.07, 6.45) is 2.37. The Morgan fingerprint density at radius 3 is 2.94 bits per heavy atom. The first-order valence-corrected chi connectivity index (χ1v) is 7.12. The highest BCUT2D eigenvalue weighted by Gasteiger charge is 2.32. The Kier molecular flexibility index (Phi) is 2.99. The van der Waals surface area contributed by atoms with Crippen molar-refractivity contribution in [2.75, 3.05) is 0 Å². The number of thiazole rings is 1. The van der Waals surface area contributed by atoms with E-state index in [4.69, 9.17) is 16.7 Å². The molecule has 5 heteroatoms. The van der Waals surface area contributed by atoms with Crippen LogP contribution < -0.4 is 0 Å². The van der Waals surface area contributed by atoms with Crippen LogP contribution in [0, 0.1) is 5.92 Å². The van der Waals surface area contributed by atoms with Gasteiger partial charge in [0, 0.05) is 5.92 Å². The number of aromatic nitrogens is 1. The summed E-state index contributed by atoms with van der Waals surface area (Å²) in [6.45, 7) is 0. The number of benzene rings is 1. The standard InChI is InChI=1S/C13H12ClNO2S/c14-9-2-1-3-10-11(9)18-12(15-10)7-4-5-8(6-7)13(16)17/h1-3,7-8H,4-6H2,(H,16,17). The summed E-state index contributed by atoms with van der Waals surface area (Å²) in [5.74, 6) is -0.617. The molecule has 0 bridgehead atoms. The van der Waals surface area contributed by atoms with E-state index in [-0.39, 0.29) is 11.8 Å². The molecule has 2 atom stereocenters. The van der Waals surface area contributed by atoms with Gasteiger partial charge < -0.3 is 5.11 Å². The lowest BCUT2D eigenvalue weighted by Crippen LogP contribution is -2.09. The van der Waals surface area contributed by atoms with Gasteiger partial charge in [-0.05, 0) is 31.4 Å². The number of hydrogen-bond acceptors (Lipinski definition) is 3. The van der Waals surface area contributed by atoms with Gasteiger partial charge in [-0.25, -0.2) is 4.98 Å². The molecule has 1 aromatic heterocycles. The van der Waals surface area contributed by atoms with E-state index in [0.717, 1.165) is 33.1 Å². The summed E-state index contributed by atoms with van der Waals surface area (Å²) in [4.78, 5) is 15.6. The molecular weight excluding hydrogens is 270 g/mol. The van der Waals surface area contributed by atoms with E-state index in [0.29, 0.717) is 6.42 Å². The van der Waals surface area contributed by atoms with Crippen LogP contribution in [0.1, 0.15) is 30.2 Å². The number of rotatable bonds is 2. The molecule has 1 fully saturated rings. The zero-order valence-corrected chi connectivity index (χ0v) is 11.2. The van der Waals surface area contributed by atoms with E-state index in [1.807, 2.05) is 18.2 Å². The quantitative estimate of drug-likeness (QED) is 0.908. The number of carboxylic acid groups (broad SMARTS) is 1. The third kappa shape index (κ3) is 1.99. The molecule has 1 heterocycles. The number of fused-ring (bicyclic) bond motifs is 1. The van der Waals surface area contributed by atoms with Gasteiger partial charge in [-0.1, -0.05) is 17.7 Å². The average molecular weight is 282 g/mol. The Balaban J connectivity index is 1.92. The molecule has 1 aliphatic carbocycles. The van der Waals surface area contributed by atoms with E-state index in [9.17, 15) is 4.79 Å². The van der Waals surface area contributed by atoms with Gasteiger partial charge in [0.05, 0.1) is 26.2 Å². The van der Waals surface area contributed by atoms with E-state index < -0.39 is 5.97 Å². The predicted molar refractivity (Wildman–Crippen MR) is 72.3 cm³/mol. The molecule has 94 valence electrons. The Hall–Kier alpha value is -1.13. The highest BCUT2D eigenvalue weighted by atomic mass is 35.5. The minimum Gasteiger partial charge on any atom is -0.481 e. The van der Waals surface area contributed by atoms with Gasteiger partial charge >= 0.3 is 5.97 Å². The SMILES string of the molecule is O=C(O)C1CCC(c2nc3cccc(Cl)c3s2)C1. The second kappa shape index (κ2) is 4.52. The molecule has 0 aliphatic heterocycles. The maximum absolute atomic E-state index is 11.0. The van der Waals surface area contributed by atoms with Crippen LogP contribution in [-0.2, 0) is 4.79 Å². The normalized spacial score (nSPS) is 23.6. The first-order valence-electron chi connectivity index (χ1n) is 5.93. The van der Waals surface area contributed by atoms with Crippen LogP contribution in [0.5, 0.6) is 0 Å². The summed E-state index contributed by atoms with van der Waals surface area (Å²) in [7, 11) is 0. The van der Waals surface area contributed by atoms with Gasteiger partial charge in [-0.3, -0.25) is 4.79 Å².